The maximum atomic E-state index is 11.5. The number of oxazole rings is 1. The average molecular weight is 363 g/mol. The highest BCUT2D eigenvalue weighted by atomic mass is 16.5. The number of aromatic nitrogens is 1. The molecule has 0 saturated heterocycles. The molecular formula is C22H21NO4. The minimum absolute atomic E-state index is 0.270. The van der Waals surface area contributed by atoms with Gasteiger partial charge in [0.2, 0.25) is 5.89 Å². The van der Waals surface area contributed by atoms with Crippen molar-refractivity contribution < 1.29 is 18.7 Å². The third-order valence-corrected chi connectivity index (χ3v) is 3.88. The molecule has 0 amide bonds. The molecule has 1 heterocycles. The molecular weight excluding hydrogens is 342 g/mol. The van der Waals surface area contributed by atoms with Crippen LogP contribution in [-0.2, 0) is 16.1 Å². The molecule has 0 atom stereocenters. The number of hydrogen-bond donors (Lipinski definition) is 0. The number of benzene rings is 2. The monoisotopic (exact) mass is 363 g/mol. The van der Waals surface area contributed by atoms with Gasteiger partial charge in [0, 0.05) is 17.2 Å². The van der Waals surface area contributed by atoms with Crippen molar-refractivity contribution in [2.75, 3.05) is 6.61 Å². The lowest BCUT2D eigenvalue weighted by Crippen LogP contribution is -2.00. The Morgan fingerprint density at radius 1 is 1.11 bits per heavy atom. The van der Waals surface area contributed by atoms with Gasteiger partial charge in [-0.25, -0.2) is 9.78 Å². The number of hydrogen-bond acceptors (Lipinski definition) is 5. The Morgan fingerprint density at radius 3 is 2.63 bits per heavy atom. The first-order valence-corrected chi connectivity index (χ1v) is 8.75. The molecule has 0 fully saturated rings. The minimum Gasteiger partial charge on any atom is -0.487 e. The highest BCUT2D eigenvalue weighted by molar-refractivity contribution is 5.87. The van der Waals surface area contributed by atoms with E-state index in [0.29, 0.717) is 24.0 Å². The highest BCUT2D eigenvalue weighted by Gasteiger charge is 2.12. The van der Waals surface area contributed by atoms with Crippen LogP contribution in [0.15, 0.2) is 65.1 Å². The molecule has 0 radical (unpaired) electrons. The minimum atomic E-state index is -0.382. The number of aryl methyl sites for hydroxylation is 1. The number of carbonyl (C=O) groups is 1. The van der Waals surface area contributed by atoms with Gasteiger partial charge in [0.05, 0.1) is 6.61 Å². The van der Waals surface area contributed by atoms with E-state index in [1.54, 1.807) is 13.0 Å². The maximum Gasteiger partial charge on any atom is 0.330 e. The number of nitrogens with zero attached hydrogens (tertiary/aromatic N) is 1. The molecule has 0 N–H and O–H groups in total. The van der Waals surface area contributed by atoms with Crippen molar-refractivity contribution in [2.45, 2.75) is 20.5 Å². The van der Waals surface area contributed by atoms with Gasteiger partial charge < -0.3 is 13.9 Å². The summed E-state index contributed by atoms with van der Waals surface area (Å²) in [6.45, 7) is 4.25. The Labute approximate surface area is 158 Å². The molecule has 27 heavy (non-hydrogen) atoms. The van der Waals surface area contributed by atoms with Crippen LogP contribution < -0.4 is 4.74 Å². The summed E-state index contributed by atoms with van der Waals surface area (Å²) < 4.78 is 16.6. The van der Waals surface area contributed by atoms with E-state index in [2.05, 4.69) is 4.98 Å². The van der Waals surface area contributed by atoms with Gasteiger partial charge in [-0.2, -0.15) is 0 Å². The van der Waals surface area contributed by atoms with Gasteiger partial charge in [-0.05, 0) is 38.1 Å². The van der Waals surface area contributed by atoms with Crippen molar-refractivity contribution in [2.24, 2.45) is 0 Å². The lowest BCUT2D eigenvalue weighted by atomic mass is 10.2. The second kappa shape index (κ2) is 8.85. The molecule has 0 unspecified atom stereocenters. The Hall–Kier alpha value is -3.34. The van der Waals surface area contributed by atoms with Crippen molar-refractivity contribution >= 4 is 12.0 Å². The quantitative estimate of drug-likeness (QED) is 0.445. The Bertz CT molecular complexity index is 928. The molecule has 2 aromatic carbocycles. The molecule has 0 aliphatic heterocycles. The number of carbonyl (C=O) groups excluding carboxylic acids is 1. The fourth-order valence-corrected chi connectivity index (χ4v) is 2.51. The Morgan fingerprint density at radius 2 is 1.85 bits per heavy atom. The average Bonchev–Trinajstić information content (AvgIpc) is 3.07. The van der Waals surface area contributed by atoms with E-state index in [-0.39, 0.29) is 12.6 Å². The van der Waals surface area contributed by atoms with E-state index in [0.717, 1.165) is 16.8 Å². The van der Waals surface area contributed by atoms with Crippen LogP contribution in [0.25, 0.3) is 17.5 Å². The van der Waals surface area contributed by atoms with Crippen LogP contribution in [0.2, 0.25) is 0 Å². The van der Waals surface area contributed by atoms with Crippen LogP contribution in [0.1, 0.15) is 23.9 Å². The molecule has 0 aliphatic carbocycles. The normalized spacial score (nSPS) is 10.9. The topological polar surface area (TPSA) is 61.6 Å². The smallest absolute Gasteiger partial charge is 0.330 e. The second-order valence-electron chi connectivity index (χ2n) is 5.80. The largest absolute Gasteiger partial charge is 0.487 e. The lowest BCUT2D eigenvalue weighted by Gasteiger charge is -2.08. The van der Waals surface area contributed by atoms with Crippen molar-refractivity contribution in [1.29, 1.82) is 0 Å². The SMILES string of the molecule is CCOC(=O)/C=C/c1ccccc1OCc1nc(-c2ccccc2)oc1C. The third-order valence-electron chi connectivity index (χ3n) is 3.88. The van der Waals surface area contributed by atoms with E-state index >= 15 is 0 Å². The van der Waals surface area contributed by atoms with Gasteiger partial charge in [-0.3, -0.25) is 0 Å². The van der Waals surface area contributed by atoms with Crippen LogP contribution in [0.4, 0.5) is 0 Å². The number of ether oxygens (including phenoxy) is 2. The fourth-order valence-electron chi connectivity index (χ4n) is 2.51. The lowest BCUT2D eigenvalue weighted by molar-refractivity contribution is -0.137. The van der Waals surface area contributed by atoms with Gasteiger partial charge >= 0.3 is 5.97 Å². The van der Waals surface area contributed by atoms with Crippen molar-refractivity contribution in [3.8, 4) is 17.2 Å². The molecule has 0 aliphatic rings. The van der Waals surface area contributed by atoms with Crippen LogP contribution in [0.3, 0.4) is 0 Å². The van der Waals surface area contributed by atoms with E-state index < -0.39 is 0 Å². The summed E-state index contributed by atoms with van der Waals surface area (Å²) in [5.74, 6) is 1.56. The first kappa shape index (κ1) is 18.5. The molecule has 0 spiro atoms. The number of para-hydroxylation sites is 1. The molecule has 3 rings (SSSR count). The summed E-state index contributed by atoms with van der Waals surface area (Å²) in [4.78, 5) is 16.1. The van der Waals surface area contributed by atoms with Gasteiger partial charge in [-0.15, -0.1) is 0 Å². The van der Waals surface area contributed by atoms with Gasteiger partial charge in [0.15, 0.2) is 0 Å². The van der Waals surface area contributed by atoms with Crippen LogP contribution >= 0.6 is 0 Å². The Kier molecular flexibility index (Phi) is 6.05. The van der Waals surface area contributed by atoms with Crippen LogP contribution in [0, 0.1) is 6.92 Å². The summed E-state index contributed by atoms with van der Waals surface area (Å²) >= 11 is 0. The summed E-state index contributed by atoms with van der Waals surface area (Å²) in [6, 6.07) is 17.2. The summed E-state index contributed by atoms with van der Waals surface area (Å²) in [6.07, 6.45) is 3.07. The Balaban J connectivity index is 1.72. The van der Waals surface area contributed by atoms with Crippen molar-refractivity contribution in [3.05, 3.63) is 77.7 Å². The molecule has 0 saturated carbocycles. The predicted molar refractivity (Wildman–Crippen MR) is 103 cm³/mol. The molecule has 1 aromatic heterocycles. The predicted octanol–water partition coefficient (Wildman–Crippen LogP) is 4.81. The zero-order valence-corrected chi connectivity index (χ0v) is 15.3. The van der Waals surface area contributed by atoms with Gasteiger partial charge in [-0.1, -0.05) is 36.4 Å². The van der Waals surface area contributed by atoms with E-state index in [4.69, 9.17) is 13.9 Å². The molecule has 138 valence electrons. The van der Waals surface area contributed by atoms with Crippen LogP contribution in [0.5, 0.6) is 5.75 Å². The summed E-state index contributed by atoms with van der Waals surface area (Å²) in [7, 11) is 0. The first-order chi connectivity index (χ1) is 13.2. The third kappa shape index (κ3) is 4.85. The zero-order valence-electron chi connectivity index (χ0n) is 15.3. The molecule has 5 heteroatoms. The first-order valence-electron chi connectivity index (χ1n) is 8.75. The van der Waals surface area contributed by atoms with Crippen molar-refractivity contribution in [3.63, 3.8) is 0 Å². The highest BCUT2D eigenvalue weighted by Crippen LogP contribution is 2.24. The van der Waals surface area contributed by atoms with Gasteiger partial charge in [0.25, 0.3) is 0 Å². The zero-order chi connectivity index (χ0) is 19.1. The molecule has 3 aromatic rings. The number of esters is 1. The molecule has 5 nitrogen and oxygen atoms in total. The standard InChI is InChI=1S/C22H21NO4/c1-3-25-21(24)14-13-17-9-7-8-12-20(17)26-15-19-16(2)27-22(23-19)18-10-5-4-6-11-18/h4-14H,3,15H2,1-2H3/b14-13+. The molecule has 0 bridgehead atoms. The van der Waals surface area contributed by atoms with E-state index in [1.807, 2.05) is 61.5 Å². The maximum absolute atomic E-state index is 11.5. The fraction of sp³-hybridized carbons (Fsp3) is 0.182. The summed E-state index contributed by atoms with van der Waals surface area (Å²) in [5.41, 5.74) is 2.44. The van der Waals surface area contributed by atoms with Crippen molar-refractivity contribution in [1.82, 2.24) is 4.98 Å². The van der Waals surface area contributed by atoms with Crippen LogP contribution in [-0.4, -0.2) is 17.6 Å². The van der Waals surface area contributed by atoms with Gasteiger partial charge in [0.1, 0.15) is 23.8 Å². The van der Waals surface area contributed by atoms with E-state index in [1.165, 1.54) is 6.08 Å². The summed E-state index contributed by atoms with van der Waals surface area (Å²) in [5, 5.41) is 0. The number of rotatable bonds is 7. The van der Waals surface area contributed by atoms with E-state index in [9.17, 15) is 4.79 Å². The second-order valence-corrected chi connectivity index (χ2v) is 5.80.